The molecule has 0 aliphatic heterocycles. The van der Waals surface area contributed by atoms with Crippen LogP contribution in [0.25, 0.3) is 0 Å². The highest BCUT2D eigenvalue weighted by Gasteiger charge is 2.20. The average Bonchev–Trinajstić information content (AvgIpc) is 2.29. The monoisotopic (exact) mass is 267 g/mol. The van der Waals surface area contributed by atoms with Crippen molar-refractivity contribution in [3.05, 3.63) is 29.8 Å². The molecule has 0 aliphatic carbocycles. The largest absolute Gasteiger partial charge is 0.508 e. The van der Waals surface area contributed by atoms with E-state index in [1.54, 1.807) is 12.1 Å². The van der Waals surface area contributed by atoms with E-state index in [9.17, 15) is 9.59 Å². The highest BCUT2D eigenvalue weighted by Crippen LogP contribution is 2.11. The number of carboxylic acids is 1. The van der Waals surface area contributed by atoms with Crippen molar-refractivity contribution in [2.24, 2.45) is 0 Å². The molecule has 0 fully saturated rings. The van der Waals surface area contributed by atoms with E-state index < -0.39 is 24.0 Å². The van der Waals surface area contributed by atoms with Crippen LogP contribution in [0.15, 0.2) is 24.3 Å². The van der Waals surface area contributed by atoms with E-state index in [4.69, 9.17) is 15.3 Å². The summed E-state index contributed by atoms with van der Waals surface area (Å²) in [7, 11) is 0. The Kier molecular flexibility index (Phi) is 5.32. The number of carboxylic acid groups (broad SMARTS) is 1. The summed E-state index contributed by atoms with van der Waals surface area (Å²) in [6, 6.07) is 5.02. The zero-order valence-electron chi connectivity index (χ0n) is 10.5. The third-order valence-corrected chi connectivity index (χ3v) is 2.49. The van der Waals surface area contributed by atoms with Crippen LogP contribution in [0.1, 0.15) is 18.9 Å². The standard InChI is InChI=1S/C13H17NO5/c1-8(15)6-12(17)14-11(13(18)19)7-9-2-4-10(16)5-3-9/h2-5,8,11,15-16H,6-7H2,1H3,(H,14,17)(H,18,19)/t8?,11-/m0/s1. The van der Waals surface area contributed by atoms with Gasteiger partial charge >= 0.3 is 5.97 Å². The summed E-state index contributed by atoms with van der Waals surface area (Å²) in [5.74, 6) is -1.57. The van der Waals surface area contributed by atoms with E-state index >= 15 is 0 Å². The van der Waals surface area contributed by atoms with Crippen LogP contribution in [0.3, 0.4) is 0 Å². The molecule has 0 saturated carbocycles. The van der Waals surface area contributed by atoms with Crippen LogP contribution in [0, 0.1) is 0 Å². The molecule has 0 aromatic heterocycles. The normalized spacial score (nSPS) is 13.6. The number of benzene rings is 1. The van der Waals surface area contributed by atoms with Gasteiger partial charge in [-0.05, 0) is 24.6 Å². The number of phenolic OH excluding ortho intramolecular Hbond substituents is 1. The molecular formula is C13H17NO5. The van der Waals surface area contributed by atoms with Crippen molar-refractivity contribution in [1.82, 2.24) is 5.32 Å². The van der Waals surface area contributed by atoms with Crippen molar-refractivity contribution in [3.8, 4) is 5.75 Å². The van der Waals surface area contributed by atoms with E-state index in [1.807, 2.05) is 0 Å². The van der Waals surface area contributed by atoms with Crippen LogP contribution >= 0.6 is 0 Å². The molecule has 6 heteroatoms. The number of carbonyl (C=O) groups excluding carboxylic acids is 1. The maximum Gasteiger partial charge on any atom is 0.326 e. The molecule has 0 saturated heterocycles. The van der Waals surface area contributed by atoms with Crippen molar-refractivity contribution in [1.29, 1.82) is 0 Å². The lowest BCUT2D eigenvalue weighted by atomic mass is 10.1. The number of aliphatic hydroxyl groups excluding tert-OH is 1. The molecule has 1 aromatic carbocycles. The zero-order valence-corrected chi connectivity index (χ0v) is 10.5. The number of carbonyl (C=O) groups is 2. The number of nitrogens with one attached hydrogen (secondary N) is 1. The van der Waals surface area contributed by atoms with E-state index in [0.29, 0.717) is 5.56 Å². The Bertz CT molecular complexity index is 441. The number of phenols is 1. The zero-order chi connectivity index (χ0) is 14.4. The van der Waals surface area contributed by atoms with Crippen LogP contribution in [0.2, 0.25) is 0 Å². The fraction of sp³-hybridized carbons (Fsp3) is 0.385. The molecule has 0 radical (unpaired) electrons. The molecule has 1 unspecified atom stereocenters. The molecule has 4 N–H and O–H groups in total. The Morgan fingerprint density at radius 2 is 1.84 bits per heavy atom. The van der Waals surface area contributed by atoms with Gasteiger partial charge in [-0.3, -0.25) is 4.79 Å². The van der Waals surface area contributed by atoms with Gasteiger partial charge in [-0.25, -0.2) is 4.79 Å². The van der Waals surface area contributed by atoms with Crippen molar-refractivity contribution >= 4 is 11.9 Å². The summed E-state index contributed by atoms with van der Waals surface area (Å²) in [6.45, 7) is 1.45. The molecule has 104 valence electrons. The highest BCUT2D eigenvalue weighted by molar-refractivity contribution is 5.83. The third kappa shape index (κ3) is 5.39. The second-order valence-electron chi connectivity index (χ2n) is 4.38. The summed E-state index contributed by atoms with van der Waals surface area (Å²) < 4.78 is 0. The predicted octanol–water partition coefficient (Wildman–Crippen LogP) is 0.275. The lowest BCUT2D eigenvalue weighted by Crippen LogP contribution is -2.43. The number of hydrogen-bond donors (Lipinski definition) is 4. The molecule has 6 nitrogen and oxygen atoms in total. The quantitative estimate of drug-likeness (QED) is 0.592. The summed E-state index contributed by atoms with van der Waals surface area (Å²) in [6.07, 6.45) is -0.844. The van der Waals surface area contributed by atoms with Crippen molar-refractivity contribution in [3.63, 3.8) is 0 Å². The minimum atomic E-state index is -1.15. The van der Waals surface area contributed by atoms with E-state index in [0.717, 1.165) is 0 Å². The Morgan fingerprint density at radius 3 is 2.32 bits per heavy atom. The van der Waals surface area contributed by atoms with Crippen LogP contribution in [-0.4, -0.2) is 39.3 Å². The molecule has 0 aliphatic rings. The topological polar surface area (TPSA) is 107 Å². The van der Waals surface area contributed by atoms with Gasteiger partial charge in [-0.15, -0.1) is 0 Å². The van der Waals surface area contributed by atoms with Crippen LogP contribution in [-0.2, 0) is 16.0 Å². The van der Waals surface area contributed by atoms with E-state index in [-0.39, 0.29) is 18.6 Å². The first-order valence-electron chi connectivity index (χ1n) is 5.86. The van der Waals surface area contributed by atoms with Gasteiger partial charge in [-0.2, -0.15) is 0 Å². The van der Waals surface area contributed by atoms with Gasteiger partial charge in [-0.1, -0.05) is 12.1 Å². The minimum Gasteiger partial charge on any atom is -0.508 e. The number of rotatable bonds is 6. The third-order valence-electron chi connectivity index (χ3n) is 2.49. The molecular weight excluding hydrogens is 250 g/mol. The van der Waals surface area contributed by atoms with E-state index in [1.165, 1.54) is 19.1 Å². The lowest BCUT2D eigenvalue weighted by molar-refractivity contribution is -0.142. The van der Waals surface area contributed by atoms with Gasteiger partial charge in [0.2, 0.25) is 5.91 Å². The van der Waals surface area contributed by atoms with Crippen LogP contribution in [0.5, 0.6) is 5.75 Å². The molecule has 2 atom stereocenters. The van der Waals surface area contributed by atoms with Gasteiger partial charge in [0.1, 0.15) is 11.8 Å². The number of hydrogen-bond acceptors (Lipinski definition) is 4. The molecule has 1 aromatic rings. The summed E-state index contributed by atoms with van der Waals surface area (Å²) >= 11 is 0. The number of amides is 1. The van der Waals surface area contributed by atoms with Gasteiger partial charge < -0.3 is 20.6 Å². The maximum absolute atomic E-state index is 11.4. The molecule has 1 rings (SSSR count). The fourth-order valence-electron chi connectivity index (χ4n) is 1.59. The first kappa shape index (κ1) is 15.0. The molecule has 0 spiro atoms. The maximum atomic E-state index is 11.4. The highest BCUT2D eigenvalue weighted by atomic mass is 16.4. The Morgan fingerprint density at radius 1 is 1.26 bits per heavy atom. The van der Waals surface area contributed by atoms with Crippen LogP contribution in [0.4, 0.5) is 0 Å². The van der Waals surface area contributed by atoms with Crippen molar-refractivity contribution in [2.45, 2.75) is 31.9 Å². The number of aromatic hydroxyl groups is 1. The lowest BCUT2D eigenvalue weighted by Gasteiger charge is -2.15. The SMILES string of the molecule is CC(O)CC(=O)N[C@@H](Cc1ccc(O)cc1)C(=O)O. The average molecular weight is 267 g/mol. The second kappa shape index (κ2) is 6.75. The summed E-state index contributed by atoms with van der Waals surface area (Å²) in [5.41, 5.74) is 0.683. The fourth-order valence-corrected chi connectivity index (χ4v) is 1.59. The minimum absolute atomic E-state index is 0.0914. The smallest absolute Gasteiger partial charge is 0.326 e. The molecule has 0 heterocycles. The second-order valence-corrected chi connectivity index (χ2v) is 4.38. The Hall–Kier alpha value is -2.08. The summed E-state index contributed by atoms with van der Waals surface area (Å²) in [5, 5.41) is 29.6. The predicted molar refractivity (Wildman–Crippen MR) is 67.7 cm³/mol. The number of aliphatic carboxylic acids is 1. The molecule has 19 heavy (non-hydrogen) atoms. The first-order valence-corrected chi connectivity index (χ1v) is 5.86. The first-order chi connectivity index (χ1) is 8.88. The Labute approximate surface area is 110 Å². The number of aliphatic hydroxyl groups is 1. The molecule has 0 bridgehead atoms. The summed E-state index contributed by atoms with van der Waals surface area (Å²) in [4.78, 5) is 22.5. The van der Waals surface area contributed by atoms with Crippen molar-refractivity contribution in [2.75, 3.05) is 0 Å². The van der Waals surface area contributed by atoms with Gasteiger partial charge in [0.15, 0.2) is 0 Å². The molecule has 1 amide bonds. The Balaban J connectivity index is 2.65. The van der Waals surface area contributed by atoms with Gasteiger partial charge in [0.05, 0.1) is 12.5 Å². The van der Waals surface area contributed by atoms with Crippen molar-refractivity contribution < 1.29 is 24.9 Å². The van der Waals surface area contributed by atoms with Gasteiger partial charge in [0, 0.05) is 6.42 Å². The van der Waals surface area contributed by atoms with Gasteiger partial charge in [0.25, 0.3) is 0 Å². The van der Waals surface area contributed by atoms with E-state index in [2.05, 4.69) is 5.32 Å². The van der Waals surface area contributed by atoms with Crippen LogP contribution < -0.4 is 5.32 Å².